The molecule has 1 amide bonds. The van der Waals surface area contributed by atoms with Gasteiger partial charge in [0.1, 0.15) is 0 Å². The Morgan fingerprint density at radius 3 is 2.73 bits per heavy atom. The maximum atomic E-state index is 11.4. The van der Waals surface area contributed by atoms with Gasteiger partial charge in [0.05, 0.1) is 11.6 Å². The zero-order valence-corrected chi connectivity index (χ0v) is 9.16. The average molecular weight is 216 g/mol. The highest BCUT2D eigenvalue weighted by Crippen LogP contribution is 2.19. The van der Waals surface area contributed by atoms with Crippen LogP contribution in [-0.2, 0) is 9.53 Å². The minimum Gasteiger partial charge on any atom is -0.388 e. The van der Waals surface area contributed by atoms with Gasteiger partial charge in [-0.05, 0) is 6.42 Å². The molecule has 0 aromatic rings. The fourth-order valence-corrected chi connectivity index (χ4v) is 1.50. The number of amides is 1. The molecule has 5 heteroatoms. The number of carbonyl (C=O) groups excluding carboxylic acids is 1. The van der Waals surface area contributed by atoms with E-state index >= 15 is 0 Å². The first-order chi connectivity index (χ1) is 7.07. The Kier molecular flexibility index (Phi) is 4.50. The largest absolute Gasteiger partial charge is 0.388 e. The van der Waals surface area contributed by atoms with E-state index in [0.717, 1.165) is 0 Å². The normalized spacial score (nSPS) is 22.1. The maximum absolute atomic E-state index is 11.4. The molecule has 1 saturated heterocycles. The van der Waals surface area contributed by atoms with E-state index in [2.05, 4.69) is 5.32 Å². The van der Waals surface area contributed by atoms with Crippen molar-refractivity contribution in [3.8, 4) is 0 Å². The Balaban J connectivity index is 2.31. The molecule has 0 aromatic heterocycles. The van der Waals surface area contributed by atoms with Gasteiger partial charge in [-0.25, -0.2) is 0 Å². The summed E-state index contributed by atoms with van der Waals surface area (Å²) in [5.74, 6) is -0.197. The van der Waals surface area contributed by atoms with E-state index in [1.807, 2.05) is 6.92 Å². The predicted molar refractivity (Wildman–Crippen MR) is 56.3 cm³/mol. The number of nitrogens with one attached hydrogen (secondary N) is 1. The summed E-state index contributed by atoms with van der Waals surface area (Å²) in [7, 11) is 0. The van der Waals surface area contributed by atoms with E-state index in [1.54, 1.807) is 0 Å². The van der Waals surface area contributed by atoms with Gasteiger partial charge in [-0.2, -0.15) is 0 Å². The quantitative estimate of drug-likeness (QED) is 0.585. The first kappa shape index (κ1) is 12.4. The van der Waals surface area contributed by atoms with Crippen LogP contribution in [0.25, 0.3) is 0 Å². The van der Waals surface area contributed by atoms with Crippen molar-refractivity contribution in [2.45, 2.75) is 37.8 Å². The second-order valence-corrected chi connectivity index (χ2v) is 4.07. The minimum absolute atomic E-state index is 0.197. The summed E-state index contributed by atoms with van der Waals surface area (Å²) in [6.07, 6.45) is 1.73. The van der Waals surface area contributed by atoms with Crippen molar-refractivity contribution in [3.05, 3.63) is 0 Å². The summed E-state index contributed by atoms with van der Waals surface area (Å²) >= 11 is 0. The van der Waals surface area contributed by atoms with Crippen molar-refractivity contribution in [2.75, 3.05) is 19.8 Å². The van der Waals surface area contributed by atoms with Gasteiger partial charge in [-0.1, -0.05) is 6.92 Å². The molecule has 0 bridgehead atoms. The second kappa shape index (κ2) is 5.44. The summed E-state index contributed by atoms with van der Waals surface area (Å²) in [5.41, 5.74) is 4.74. The van der Waals surface area contributed by atoms with Gasteiger partial charge in [0.15, 0.2) is 0 Å². The van der Waals surface area contributed by atoms with E-state index in [-0.39, 0.29) is 12.5 Å². The van der Waals surface area contributed by atoms with Crippen molar-refractivity contribution in [1.82, 2.24) is 5.32 Å². The topological polar surface area (TPSA) is 84.6 Å². The van der Waals surface area contributed by atoms with Crippen molar-refractivity contribution in [1.29, 1.82) is 0 Å². The van der Waals surface area contributed by atoms with Gasteiger partial charge in [0.25, 0.3) is 0 Å². The lowest BCUT2D eigenvalue weighted by molar-refractivity contribution is -0.125. The van der Waals surface area contributed by atoms with Crippen molar-refractivity contribution < 1.29 is 14.6 Å². The van der Waals surface area contributed by atoms with Gasteiger partial charge in [-0.3, -0.25) is 4.79 Å². The van der Waals surface area contributed by atoms with Crippen LogP contribution in [0.3, 0.4) is 0 Å². The zero-order chi connectivity index (χ0) is 11.3. The molecule has 5 nitrogen and oxygen atoms in total. The number of ether oxygens (including phenoxy) is 1. The maximum Gasteiger partial charge on any atom is 0.237 e. The monoisotopic (exact) mass is 216 g/mol. The molecular formula is C10H20N2O3. The van der Waals surface area contributed by atoms with Crippen LogP contribution < -0.4 is 11.1 Å². The molecule has 1 heterocycles. The highest BCUT2D eigenvalue weighted by molar-refractivity contribution is 5.81. The molecule has 88 valence electrons. The highest BCUT2D eigenvalue weighted by Gasteiger charge is 2.30. The van der Waals surface area contributed by atoms with Crippen molar-refractivity contribution in [3.63, 3.8) is 0 Å². The minimum atomic E-state index is -0.818. The Morgan fingerprint density at radius 2 is 2.20 bits per heavy atom. The summed E-state index contributed by atoms with van der Waals surface area (Å²) < 4.78 is 5.14. The number of hydrogen-bond acceptors (Lipinski definition) is 4. The number of nitrogens with two attached hydrogens (primary N) is 1. The number of carbonyl (C=O) groups is 1. The van der Waals surface area contributed by atoms with Crippen LogP contribution in [0.4, 0.5) is 0 Å². The zero-order valence-electron chi connectivity index (χ0n) is 9.16. The van der Waals surface area contributed by atoms with Crippen LogP contribution in [0.5, 0.6) is 0 Å². The molecule has 0 unspecified atom stereocenters. The average Bonchev–Trinajstić information content (AvgIpc) is 2.26. The molecule has 1 rings (SSSR count). The van der Waals surface area contributed by atoms with Gasteiger partial charge >= 0.3 is 0 Å². The van der Waals surface area contributed by atoms with E-state index in [4.69, 9.17) is 10.5 Å². The standard InChI is InChI=1S/C10H20N2O3/c1-2-8(11)9(13)12-7-10(14)3-5-15-6-4-10/h8,14H,2-7,11H2,1H3,(H,12,13)/t8-/m1/s1. The van der Waals surface area contributed by atoms with Gasteiger partial charge in [-0.15, -0.1) is 0 Å². The highest BCUT2D eigenvalue weighted by atomic mass is 16.5. The molecule has 15 heavy (non-hydrogen) atoms. The van der Waals surface area contributed by atoms with Crippen LogP contribution >= 0.6 is 0 Å². The Hall–Kier alpha value is -0.650. The molecule has 0 radical (unpaired) electrons. The Morgan fingerprint density at radius 1 is 1.60 bits per heavy atom. The molecule has 1 fully saturated rings. The van der Waals surface area contributed by atoms with Crippen LogP contribution in [0.1, 0.15) is 26.2 Å². The fraction of sp³-hybridized carbons (Fsp3) is 0.900. The first-order valence-corrected chi connectivity index (χ1v) is 5.41. The third-order valence-corrected chi connectivity index (χ3v) is 2.79. The molecule has 1 atom stereocenters. The predicted octanol–water partition coefficient (Wildman–Crippen LogP) is -0.619. The lowest BCUT2D eigenvalue weighted by Gasteiger charge is -2.32. The molecule has 0 saturated carbocycles. The lowest BCUT2D eigenvalue weighted by atomic mass is 9.94. The van der Waals surface area contributed by atoms with E-state index in [1.165, 1.54) is 0 Å². The summed E-state index contributed by atoms with van der Waals surface area (Å²) in [5, 5.41) is 12.7. The van der Waals surface area contributed by atoms with E-state index in [9.17, 15) is 9.90 Å². The van der Waals surface area contributed by atoms with Crippen LogP contribution in [-0.4, -0.2) is 42.4 Å². The van der Waals surface area contributed by atoms with Crippen molar-refractivity contribution >= 4 is 5.91 Å². The molecule has 0 aliphatic carbocycles. The molecule has 4 N–H and O–H groups in total. The number of aliphatic hydroxyl groups is 1. The Bertz CT molecular complexity index is 215. The second-order valence-electron chi connectivity index (χ2n) is 4.07. The fourth-order valence-electron chi connectivity index (χ4n) is 1.50. The van der Waals surface area contributed by atoms with Gasteiger partial charge < -0.3 is 20.9 Å². The smallest absolute Gasteiger partial charge is 0.237 e. The molecule has 0 spiro atoms. The number of rotatable bonds is 4. The molecule has 1 aliphatic heterocycles. The Labute approximate surface area is 90.0 Å². The van der Waals surface area contributed by atoms with Crippen LogP contribution in [0.15, 0.2) is 0 Å². The molecule has 0 aromatic carbocycles. The van der Waals surface area contributed by atoms with Gasteiger partial charge in [0.2, 0.25) is 5.91 Å². The number of hydrogen-bond donors (Lipinski definition) is 3. The van der Waals surface area contributed by atoms with Crippen LogP contribution in [0.2, 0.25) is 0 Å². The molecule has 1 aliphatic rings. The first-order valence-electron chi connectivity index (χ1n) is 5.41. The summed E-state index contributed by atoms with van der Waals surface area (Å²) in [6, 6.07) is -0.478. The van der Waals surface area contributed by atoms with Crippen molar-refractivity contribution in [2.24, 2.45) is 5.73 Å². The van der Waals surface area contributed by atoms with E-state index in [0.29, 0.717) is 32.5 Å². The lowest BCUT2D eigenvalue weighted by Crippen LogP contribution is -2.50. The van der Waals surface area contributed by atoms with Gasteiger partial charge in [0, 0.05) is 32.6 Å². The molecular weight excluding hydrogens is 196 g/mol. The SMILES string of the molecule is CC[C@@H](N)C(=O)NCC1(O)CCOCC1. The third kappa shape index (κ3) is 3.77. The van der Waals surface area contributed by atoms with Crippen LogP contribution in [0, 0.1) is 0 Å². The van der Waals surface area contributed by atoms with E-state index < -0.39 is 11.6 Å². The summed E-state index contributed by atoms with van der Waals surface area (Å²) in [4.78, 5) is 11.4. The third-order valence-electron chi connectivity index (χ3n) is 2.79. The summed E-state index contributed by atoms with van der Waals surface area (Å²) in [6.45, 7) is 3.22.